The molecule has 0 radical (unpaired) electrons. The van der Waals surface area contributed by atoms with E-state index in [1.807, 2.05) is 12.1 Å². The van der Waals surface area contributed by atoms with E-state index in [4.69, 9.17) is 11.6 Å². The molecule has 2 heterocycles. The largest absolute Gasteiger partial charge is 0.265 e. The first-order valence-electron chi connectivity index (χ1n) is 7.23. The van der Waals surface area contributed by atoms with Gasteiger partial charge in [-0.05, 0) is 54.7 Å². The number of hydrogen-bond acceptors (Lipinski definition) is 3. The highest BCUT2D eigenvalue weighted by Crippen LogP contribution is 2.30. The fraction of sp³-hybridized carbons (Fsp3) is 0.312. The average Bonchev–Trinajstić information content (AvgIpc) is 2.56. The summed E-state index contributed by atoms with van der Waals surface area (Å²) < 4.78 is 26.8. The van der Waals surface area contributed by atoms with Crippen molar-refractivity contribution >= 4 is 21.6 Å². The van der Waals surface area contributed by atoms with Crippen molar-refractivity contribution in [3.63, 3.8) is 0 Å². The Balaban J connectivity index is 1.73. The van der Waals surface area contributed by atoms with Gasteiger partial charge in [-0.2, -0.15) is 4.31 Å². The Morgan fingerprint density at radius 2 is 1.77 bits per heavy atom. The van der Waals surface area contributed by atoms with Crippen molar-refractivity contribution in [3.05, 3.63) is 59.4 Å². The van der Waals surface area contributed by atoms with Crippen molar-refractivity contribution in [1.29, 1.82) is 0 Å². The zero-order valence-electron chi connectivity index (χ0n) is 12.0. The third-order valence-corrected chi connectivity index (χ3v) is 6.20. The maximum absolute atomic E-state index is 12.6. The smallest absolute Gasteiger partial charge is 0.243 e. The fourth-order valence-corrected chi connectivity index (χ4v) is 4.61. The molecule has 22 heavy (non-hydrogen) atoms. The summed E-state index contributed by atoms with van der Waals surface area (Å²) >= 11 is 5.90. The number of pyridine rings is 1. The van der Waals surface area contributed by atoms with Gasteiger partial charge in [-0.15, -0.1) is 0 Å². The minimum absolute atomic E-state index is 0.266. The van der Waals surface area contributed by atoms with E-state index in [0.29, 0.717) is 24.0 Å². The molecule has 2 aromatic rings. The summed E-state index contributed by atoms with van der Waals surface area (Å²) in [5.74, 6) is 0.397. The van der Waals surface area contributed by atoms with Crippen LogP contribution in [0.3, 0.4) is 0 Å². The predicted molar refractivity (Wildman–Crippen MR) is 86.4 cm³/mol. The van der Waals surface area contributed by atoms with Crippen LogP contribution in [0.5, 0.6) is 0 Å². The molecule has 1 aromatic heterocycles. The molecular formula is C16H17ClN2O2S. The third kappa shape index (κ3) is 3.16. The standard InChI is InChI=1S/C16H17ClN2O2S/c17-15-2-1-3-16(12-15)22(20,21)19-10-6-14(7-11-19)13-4-8-18-9-5-13/h1-5,8-9,12,14H,6-7,10-11H2. The first-order chi connectivity index (χ1) is 10.6. The molecule has 0 spiro atoms. The SMILES string of the molecule is O=S(=O)(c1cccc(Cl)c1)N1CCC(c2ccncc2)CC1. The predicted octanol–water partition coefficient (Wildman–Crippen LogP) is 3.30. The van der Waals surface area contributed by atoms with E-state index in [1.165, 1.54) is 11.6 Å². The van der Waals surface area contributed by atoms with Crippen LogP contribution in [-0.4, -0.2) is 30.8 Å². The first-order valence-corrected chi connectivity index (χ1v) is 9.05. The molecule has 0 atom stereocenters. The van der Waals surface area contributed by atoms with E-state index in [-0.39, 0.29) is 4.90 Å². The maximum Gasteiger partial charge on any atom is 0.243 e. The number of nitrogens with zero attached hydrogens (tertiary/aromatic N) is 2. The summed E-state index contributed by atoms with van der Waals surface area (Å²) in [7, 11) is -3.45. The van der Waals surface area contributed by atoms with Crippen LogP contribution in [-0.2, 0) is 10.0 Å². The zero-order valence-corrected chi connectivity index (χ0v) is 13.6. The summed E-state index contributed by atoms with van der Waals surface area (Å²) in [5.41, 5.74) is 1.23. The second-order valence-electron chi connectivity index (χ2n) is 5.42. The van der Waals surface area contributed by atoms with Gasteiger partial charge in [0.25, 0.3) is 0 Å². The Kier molecular flexibility index (Phi) is 4.47. The van der Waals surface area contributed by atoms with Crippen LogP contribution in [0, 0.1) is 0 Å². The number of halogens is 1. The summed E-state index contributed by atoms with van der Waals surface area (Å²) in [5, 5.41) is 0.438. The Labute approximate surface area is 135 Å². The Morgan fingerprint density at radius 1 is 1.09 bits per heavy atom. The minimum atomic E-state index is -3.45. The second-order valence-corrected chi connectivity index (χ2v) is 7.79. The van der Waals surface area contributed by atoms with Gasteiger partial charge in [0.15, 0.2) is 0 Å². The van der Waals surface area contributed by atoms with Crippen molar-refractivity contribution in [3.8, 4) is 0 Å². The zero-order chi connectivity index (χ0) is 15.6. The molecule has 1 fully saturated rings. The summed E-state index contributed by atoms with van der Waals surface area (Å²) in [6.07, 6.45) is 5.21. The van der Waals surface area contributed by atoms with Gasteiger partial charge in [0, 0.05) is 30.5 Å². The molecule has 3 rings (SSSR count). The van der Waals surface area contributed by atoms with Gasteiger partial charge >= 0.3 is 0 Å². The normalized spacial score (nSPS) is 17.5. The molecule has 1 aliphatic heterocycles. The Bertz CT molecular complexity index is 742. The van der Waals surface area contributed by atoms with Gasteiger partial charge in [-0.3, -0.25) is 4.98 Å². The molecule has 1 aromatic carbocycles. The van der Waals surface area contributed by atoms with Gasteiger partial charge < -0.3 is 0 Å². The van der Waals surface area contributed by atoms with Crippen LogP contribution in [0.2, 0.25) is 5.02 Å². The lowest BCUT2D eigenvalue weighted by atomic mass is 9.91. The fourth-order valence-electron chi connectivity index (χ4n) is 2.84. The molecular weight excluding hydrogens is 320 g/mol. The van der Waals surface area contributed by atoms with Gasteiger partial charge in [0.1, 0.15) is 0 Å². The van der Waals surface area contributed by atoms with Crippen molar-refractivity contribution in [2.75, 3.05) is 13.1 Å². The lowest BCUT2D eigenvalue weighted by molar-refractivity contribution is 0.319. The van der Waals surface area contributed by atoms with E-state index in [9.17, 15) is 8.42 Å². The van der Waals surface area contributed by atoms with Gasteiger partial charge in [-0.1, -0.05) is 17.7 Å². The number of rotatable bonds is 3. The van der Waals surface area contributed by atoms with Crippen LogP contribution < -0.4 is 0 Å². The summed E-state index contributed by atoms with van der Waals surface area (Å²) in [4.78, 5) is 4.29. The molecule has 0 aliphatic carbocycles. The molecule has 1 aliphatic rings. The van der Waals surface area contributed by atoms with E-state index in [1.54, 1.807) is 34.9 Å². The van der Waals surface area contributed by atoms with Crippen molar-refractivity contribution in [2.24, 2.45) is 0 Å². The quantitative estimate of drug-likeness (QED) is 0.864. The van der Waals surface area contributed by atoms with Gasteiger partial charge in [0.05, 0.1) is 4.90 Å². The molecule has 1 saturated heterocycles. The third-order valence-electron chi connectivity index (χ3n) is 4.07. The number of piperidine rings is 1. The molecule has 0 unspecified atom stereocenters. The molecule has 0 saturated carbocycles. The van der Waals surface area contributed by atoms with Crippen molar-refractivity contribution in [2.45, 2.75) is 23.7 Å². The number of sulfonamides is 1. The number of hydrogen-bond donors (Lipinski definition) is 0. The average molecular weight is 337 g/mol. The maximum atomic E-state index is 12.6. The van der Waals surface area contributed by atoms with Crippen molar-refractivity contribution < 1.29 is 8.42 Å². The van der Waals surface area contributed by atoms with E-state index in [2.05, 4.69) is 4.98 Å². The monoisotopic (exact) mass is 336 g/mol. The van der Waals surface area contributed by atoms with Gasteiger partial charge in [-0.25, -0.2) is 8.42 Å². The molecule has 4 nitrogen and oxygen atoms in total. The highest BCUT2D eigenvalue weighted by molar-refractivity contribution is 7.89. The second kappa shape index (κ2) is 6.36. The van der Waals surface area contributed by atoms with Gasteiger partial charge in [0.2, 0.25) is 10.0 Å². The molecule has 0 amide bonds. The van der Waals surface area contributed by atoms with Crippen LogP contribution in [0.15, 0.2) is 53.7 Å². The van der Waals surface area contributed by atoms with E-state index >= 15 is 0 Å². The first kappa shape index (κ1) is 15.5. The molecule has 0 bridgehead atoms. The van der Waals surface area contributed by atoms with Crippen LogP contribution in [0.4, 0.5) is 0 Å². The number of aromatic nitrogens is 1. The molecule has 6 heteroatoms. The van der Waals surface area contributed by atoms with Crippen LogP contribution in [0.25, 0.3) is 0 Å². The highest BCUT2D eigenvalue weighted by Gasteiger charge is 2.29. The summed E-state index contributed by atoms with van der Waals surface area (Å²) in [6, 6.07) is 10.5. The molecule has 116 valence electrons. The minimum Gasteiger partial charge on any atom is -0.265 e. The molecule has 0 N–H and O–H groups in total. The van der Waals surface area contributed by atoms with E-state index < -0.39 is 10.0 Å². The van der Waals surface area contributed by atoms with Crippen LogP contribution >= 0.6 is 11.6 Å². The lowest BCUT2D eigenvalue weighted by Gasteiger charge is -2.31. The Morgan fingerprint density at radius 3 is 2.41 bits per heavy atom. The Hall–Kier alpha value is -1.43. The van der Waals surface area contributed by atoms with E-state index in [0.717, 1.165) is 12.8 Å². The van der Waals surface area contributed by atoms with Crippen molar-refractivity contribution in [1.82, 2.24) is 9.29 Å². The summed E-state index contributed by atoms with van der Waals surface area (Å²) in [6.45, 7) is 1.06. The van der Waals surface area contributed by atoms with Crippen LogP contribution in [0.1, 0.15) is 24.3 Å². The number of benzene rings is 1. The highest BCUT2D eigenvalue weighted by atomic mass is 35.5. The topological polar surface area (TPSA) is 50.3 Å². The lowest BCUT2D eigenvalue weighted by Crippen LogP contribution is -2.37.